The van der Waals surface area contributed by atoms with Crippen molar-refractivity contribution in [2.45, 2.75) is 32.7 Å². The molecule has 1 atom stereocenters. The van der Waals surface area contributed by atoms with Crippen molar-refractivity contribution in [3.8, 4) is 11.1 Å². The summed E-state index contributed by atoms with van der Waals surface area (Å²) < 4.78 is 5.53. The number of aryl methyl sites for hydroxylation is 1. The maximum Gasteiger partial charge on any atom is 0.407 e. The number of nitrogens with zero attached hydrogens (tertiary/aromatic N) is 1. The van der Waals surface area contributed by atoms with Gasteiger partial charge in [0.1, 0.15) is 11.6 Å². The van der Waals surface area contributed by atoms with Crippen LogP contribution in [0.4, 0.5) is 4.79 Å². The summed E-state index contributed by atoms with van der Waals surface area (Å²) in [6, 6.07) is 16.3. The third kappa shape index (κ3) is 5.68. The predicted molar refractivity (Wildman–Crippen MR) is 133 cm³/mol. The number of nitrogens with one attached hydrogen (secondary N) is 2. The van der Waals surface area contributed by atoms with Gasteiger partial charge in [-0.1, -0.05) is 55.5 Å². The molecule has 8 nitrogen and oxygen atoms in total. The molecule has 2 amide bonds. The Morgan fingerprint density at radius 1 is 1.06 bits per heavy atom. The maximum atomic E-state index is 12.3. The molecule has 3 N–H and O–H groups in total. The summed E-state index contributed by atoms with van der Waals surface area (Å²) in [6.45, 7) is 4.25. The largest absolute Gasteiger partial charge is 0.476 e. The van der Waals surface area contributed by atoms with Crippen molar-refractivity contribution >= 4 is 29.3 Å². The molecule has 35 heavy (non-hydrogen) atoms. The van der Waals surface area contributed by atoms with Crippen LogP contribution in [0.5, 0.6) is 0 Å². The second kappa shape index (κ2) is 10.7. The molecule has 0 spiro atoms. The topological polar surface area (TPSA) is 118 Å². The number of carboxylic acid groups (broad SMARTS) is 1. The Morgan fingerprint density at radius 3 is 2.29 bits per heavy atom. The van der Waals surface area contributed by atoms with Gasteiger partial charge < -0.3 is 20.5 Å². The Labute approximate surface area is 207 Å². The lowest BCUT2D eigenvalue weighted by molar-refractivity contribution is -0.122. The van der Waals surface area contributed by atoms with Gasteiger partial charge >= 0.3 is 12.1 Å². The molecule has 1 unspecified atom stereocenters. The molecule has 0 fully saturated rings. The average molecular weight is 494 g/mol. The summed E-state index contributed by atoms with van der Waals surface area (Å²) in [7, 11) is 0. The van der Waals surface area contributed by atoms with Crippen LogP contribution < -0.4 is 10.6 Å². The first-order valence-corrected chi connectivity index (χ1v) is 12.2. The minimum Gasteiger partial charge on any atom is -0.476 e. The number of alkyl carbamates (subject to hydrolysis) is 1. The van der Waals surface area contributed by atoms with E-state index in [9.17, 15) is 14.4 Å². The third-order valence-corrected chi connectivity index (χ3v) is 6.92. The lowest BCUT2D eigenvalue weighted by Crippen LogP contribution is -2.32. The number of ether oxygens (including phenoxy) is 1. The number of hydrogen-bond acceptors (Lipinski definition) is 6. The Kier molecular flexibility index (Phi) is 7.45. The summed E-state index contributed by atoms with van der Waals surface area (Å²) in [5.41, 5.74) is 4.66. The zero-order valence-electron chi connectivity index (χ0n) is 19.5. The fourth-order valence-electron chi connectivity index (χ4n) is 4.27. The predicted octanol–water partition coefficient (Wildman–Crippen LogP) is 4.33. The van der Waals surface area contributed by atoms with Gasteiger partial charge in [-0.15, -0.1) is 11.3 Å². The Balaban J connectivity index is 1.21. The molecule has 0 aliphatic heterocycles. The molecule has 1 aliphatic rings. The second-order valence-corrected chi connectivity index (χ2v) is 9.90. The van der Waals surface area contributed by atoms with E-state index in [0.29, 0.717) is 16.4 Å². The van der Waals surface area contributed by atoms with Crippen LogP contribution in [0, 0.1) is 12.8 Å². The number of carbonyl (C=O) groups excluding carboxylic acids is 2. The molecule has 182 valence electrons. The van der Waals surface area contributed by atoms with Crippen LogP contribution in [0.2, 0.25) is 0 Å². The van der Waals surface area contributed by atoms with Gasteiger partial charge in [0, 0.05) is 23.8 Å². The number of hydrogen-bond donors (Lipinski definition) is 3. The Hall–Kier alpha value is -3.72. The number of benzene rings is 2. The van der Waals surface area contributed by atoms with Gasteiger partial charge in [-0.05, 0) is 35.1 Å². The van der Waals surface area contributed by atoms with Gasteiger partial charge in [-0.3, -0.25) is 4.79 Å². The standard InChI is InChI=1S/C26H27N3O5S/c1-15(11-22(30)27-13-23-29-24(25(31)32)16(2)35-23)12-28-26(33)34-14-21-19-9-5-3-7-17(19)18-8-4-6-10-20(18)21/h3-10,15,21H,11-14H2,1-2H3,(H,27,30)(H,28,33)(H,31,32). The quantitative estimate of drug-likeness (QED) is 0.408. The normalized spacial score (nSPS) is 13.0. The van der Waals surface area contributed by atoms with Crippen molar-refractivity contribution in [3.05, 3.63) is 75.2 Å². The molecule has 0 radical (unpaired) electrons. The van der Waals surface area contributed by atoms with Crippen molar-refractivity contribution in [1.82, 2.24) is 15.6 Å². The number of amides is 2. The summed E-state index contributed by atoms with van der Waals surface area (Å²) in [5.74, 6) is -1.39. The van der Waals surface area contributed by atoms with E-state index >= 15 is 0 Å². The summed E-state index contributed by atoms with van der Waals surface area (Å²) >= 11 is 1.24. The number of fused-ring (bicyclic) bond motifs is 3. The fraction of sp³-hybridized carbons (Fsp3) is 0.308. The van der Waals surface area contributed by atoms with Gasteiger partial charge in [-0.2, -0.15) is 0 Å². The highest BCUT2D eigenvalue weighted by molar-refractivity contribution is 7.11. The van der Waals surface area contributed by atoms with Crippen LogP contribution >= 0.6 is 11.3 Å². The molecule has 0 bridgehead atoms. The van der Waals surface area contributed by atoms with Crippen molar-refractivity contribution in [3.63, 3.8) is 0 Å². The highest BCUT2D eigenvalue weighted by Gasteiger charge is 2.29. The van der Waals surface area contributed by atoms with Crippen LogP contribution in [0.1, 0.15) is 50.8 Å². The van der Waals surface area contributed by atoms with Crippen LogP contribution in [-0.4, -0.2) is 41.2 Å². The minimum absolute atomic E-state index is 0.00695. The molecule has 9 heteroatoms. The van der Waals surface area contributed by atoms with Crippen molar-refractivity contribution < 1.29 is 24.2 Å². The number of aromatic carboxylic acids is 1. The molecular formula is C26H27N3O5S. The minimum atomic E-state index is -1.08. The van der Waals surface area contributed by atoms with E-state index in [-0.39, 0.29) is 43.0 Å². The lowest BCUT2D eigenvalue weighted by Gasteiger charge is -2.16. The molecule has 4 rings (SSSR count). The van der Waals surface area contributed by atoms with E-state index < -0.39 is 12.1 Å². The SMILES string of the molecule is Cc1sc(CNC(=O)CC(C)CNC(=O)OCC2c3ccccc3-c3ccccc32)nc1C(=O)O. The summed E-state index contributed by atoms with van der Waals surface area (Å²) in [5, 5.41) is 15.1. The van der Waals surface area contributed by atoms with Gasteiger partial charge in [0.25, 0.3) is 0 Å². The first-order chi connectivity index (χ1) is 16.8. The molecule has 0 saturated heterocycles. The van der Waals surface area contributed by atoms with Gasteiger partial charge in [-0.25, -0.2) is 14.6 Å². The molecule has 3 aromatic rings. The second-order valence-electron chi connectivity index (χ2n) is 8.61. The van der Waals surface area contributed by atoms with Crippen LogP contribution in [0.3, 0.4) is 0 Å². The van der Waals surface area contributed by atoms with Crippen LogP contribution in [0.15, 0.2) is 48.5 Å². The molecule has 1 aromatic heterocycles. The third-order valence-electron chi connectivity index (χ3n) is 5.95. The van der Waals surface area contributed by atoms with E-state index in [1.54, 1.807) is 6.92 Å². The Morgan fingerprint density at radius 2 is 1.69 bits per heavy atom. The number of carbonyl (C=O) groups is 3. The molecular weight excluding hydrogens is 466 g/mol. The highest BCUT2D eigenvalue weighted by Crippen LogP contribution is 2.44. The lowest BCUT2D eigenvalue weighted by atomic mass is 9.98. The number of thiazole rings is 1. The van der Waals surface area contributed by atoms with Crippen molar-refractivity contribution in [2.24, 2.45) is 5.92 Å². The monoisotopic (exact) mass is 493 g/mol. The van der Waals surface area contributed by atoms with E-state index in [2.05, 4.69) is 39.9 Å². The van der Waals surface area contributed by atoms with Gasteiger partial charge in [0.15, 0.2) is 5.69 Å². The van der Waals surface area contributed by atoms with E-state index in [1.807, 2.05) is 31.2 Å². The zero-order chi connectivity index (χ0) is 24.9. The molecule has 1 heterocycles. The van der Waals surface area contributed by atoms with E-state index in [0.717, 1.165) is 11.1 Å². The van der Waals surface area contributed by atoms with Crippen molar-refractivity contribution in [1.29, 1.82) is 0 Å². The highest BCUT2D eigenvalue weighted by atomic mass is 32.1. The average Bonchev–Trinajstić information content (AvgIpc) is 3.38. The van der Waals surface area contributed by atoms with Gasteiger partial charge in [0.05, 0.1) is 6.54 Å². The smallest absolute Gasteiger partial charge is 0.407 e. The molecule has 0 saturated carbocycles. The number of carboxylic acids is 1. The van der Waals surface area contributed by atoms with Crippen LogP contribution in [0.25, 0.3) is 11.1 Å². The number of aromatic nitrogens is 1. The summed E-state index contributed by atoms with van der Waals surface area (Å²) in [6.07, 6.45) is -0.307. The fourth-order valence-corrected chi connectivity index (χ4v) is 5.13. The van der Waals surface area contributed by atoms with E-state index in [1.165, 1.54) is 22.5 Å². The zero-order valence-corrected chi connectivity index (χ0v) is 20.4. The molecule has 1 aliphatic carbocycles. The Bertz CT molecular complexity index is 1210. The first kappa shape index (κ1) is 24.4. The van der Waals surface area contributed by atoms with Gasteiger partial charge in [0.2, 0.25) is 5.91 Å². The van der Waals surface area contributed by atoms with Crippen molar-refractivity contribution in [2.75, 3.05) is 13.2 Å². The molecule has 2 aromatic carbocycles. The maximum absolute atomic E-state index is 12.3. The number of rotatable bonds is 9. The first-order valence-electron chi connectivity index (χ1n) is 11.4. The summed E-state index contributed by atoms with van der Waals surface area (Å²) in [4.78, 5) is 40.3. The van der Waals surface area contributed by atoms with E-state index in [4.69, 9.17) is 9.84 Å². The van der Waals surface area contributed by atoms with Crippen LogP contribution in [-0.2, 0) is 16.1 Å².